The predicted molar refractivity (Wildman–Crippen MR) is 204 cm³/mol. The summed E-state index contributed by atoms with van der Waals surface area (Å²) in [6.07, 6.45) is 0. The zero-order valence-corrected chi connectivity index (χ0v) is 30.1. The molecule has 12 heteroatoms. The van der Waals surface area contributed by atoms with Gasteiger partial charge in [0.1, 0.15) is 8.64 Å². The van der Waals surface area contributed by atoms with E-state index in [0.717, 1.165) is 53.9 Å². The van der Waals surface area contributed by atoms with Gasteiger partial charge in [0.15, 0.2) is 0 Å². The van der Waals surface area contributed by atoms with Crippen LogP contribution in [0.1, 0.15) is 11.1 Å². The minimum absolute atomic E-state index is 0.122. The number of carbonyl (C=O) groups excluding carboxylic acids is 2. The maximum atomic E-state index is 12.3. The number of amides is 2. The quantitative estimate of drug-likeness (QED) is 0.125. The second kappa shape index (κ2) is 16.5. The van der Waals surface area contributed by atoms with E-state index in [1.165, 1.54) is 23.5 Å². The molecule has 0 fully saturated rings. The van der Waals surface area contributed by atoms with E-state index in [-0.39, 0.29) is 23.3 Å². The van der Waals surface area contributed by atoms with Crippen LogP contribution in [0.5, 0.6) is 0 Å². The van der Waals surface area contributed by atoms with Gasteiger partial charge in [0.2, 0.25) is 11.8 Å². The molecule has 0 saturated carbocycles. The van der Waals surface area contributed by atoms with Gasteiger partial charge in [0, 0.05) is 31.7 Å². The van der Waals surface area contributed by atoms with Crippen LogP contribution in [0.4, 0.5) is 22.7 Å². The Bertz CT molecular complexity index is 1560. The van der Waals surface area contributed by atoms with E-state index in [1.807, 2.05) is 86.6 Å². The number of hydrogen-bond donors (Lipinski definition) is 4. The lowest BCUT2D eigenvalue weighted by Gasteiger charge is -2.14. The van der Waals surface area contributed by atoms with Crippen molar-refractivity contribution in [2.24, 2.45) is 0 Å². The fraction of sp³-hybridized carbons (Fsp3) is 0.125. The lowest BCUT2D eigenvalue weighted by Crippen LogP contribution is -2.17. The molecule has 4 aromatic rings. The second-order valence-corrected chi connectivity index (χ2v) is 14.7. The zero-order valence-electron chi connectivity index (χ0n) is 23.7. The van der Waals surface area contributed by atoms with Crippen molar-refractivity contribution >= 4 is 123 Å². The number of carbonyl (C=O) groups is 2. The fourth-order valence-electron chi connectivity index (χ4n) is 3.98. The Kier molecular flexibility index (Phi) is 12.8. The number of anilines is 4. The smallest absolute Gasteiger partial charge is 0.234 e. The molecular weight excluding hydrogens is 760 g/mol. The third kappa shape index (κ3) is 10.7. The van der Waals surface area contributed by atoms with E-state index < -0.39 is 0 Å². The van der Waals surface area contributed by atoms with Crippen LogP contribution in [0.3, 0.4) is 0 Å². The SMILES string of the molecule is Cc1cc(-c2ccc(NC(=S)SCC(=O)Nc3ccc(Br)cc3)c(C)c2)ccc1NC(=S)SCC(=O)Nc1ccc(Br)cc1. The van der Waals surface area contributed by atoms with Crippen LogP contribution in [0.15, 0.2) is 93.9 Å². The standard InChI is InChI=1S/C32H28Br2N4O2S4/c1-19-15-21(3-13-27(19)37-31(41)43-17-29(39)35-25-9-5-23(33)6-10-25)22-4-14-28(20(2)16-22)38-32(42)44-18-30(40)36-26-11-7-24(34)8-12-26/h3-16H,17-18H2,1-2H3,(H,35,39)(H,36,40)(H,37,41)(H,38,42). The molecule has 0 radical (unpaired) electrons. The topological polar surface area (TPSA) is 82.3 Å². The minimum Gasteiger partial charge on any atom is -0.341 e. The van der Waals surface area contributed by atoms with Crippen molar-refractivity contribution in [3.8, 4) is 11.1 Å². The highest BCUT2D eigenvalue weighted by Crippen LogP contribution is 2.29. The van der Waals surface area contributed by atoms with E-state index in [4.69, 9.17) is 24.4 Å². The molecule has 0 heterocycles. The highest BCUT2D eigenvalue weighted by atomic mass is 79.9. The molecule has 4 rings (SSSR count). The molecule has 44 heavy (non-hydrogen) atoms. The van der Waals surface area contributed by atoms with Crippen LogP contribution >= 0.6 is 79.8 Å². The van der Waals surface area contributed by atoms with Crippen molar-refractivity contribution in [1.29, 1.82) is 0 Å². The molecular formula is C32H28Br2N4O2S4. The number of thioether (sulfide) groups is 2. The second-order valence-electron chi connectivity index (χ2n) is 9.57. The molecule has 0 bridgehead atoms. The Morgan fingerprint density at radius 2 is 0.955 bits per heavy atom. The van der Waals surface area contributed by atoms with Crippen molar-refractivity contribution in [2.75, 3.05) is 32.8 Å². The van der Waals surface area contributed by atoms with E-state index in [2.05, 4.69) is 65.3 Å². The molecule has 0 unspecified atom stereocenters. The number of halogens is 2. The van der Waals surface area contributed by atoms with Gasteiger partial charge in [-0.15, -0.1) is 0 Å². The number of rotatable bonds is 9. The first-order valence-corrected chi connectivity index (χ1v) is 17.6. The molecule has 0 atom stereocenters. The maximum absolute atomic E-state index is 12.3. The molecule has 2 amide bonds. The Hall–Kier alpha value is -2.74. The lowest BCUT2D eigenvalue weighted by molar-refractivity contribution is -0.114. The summed E-state index contributed by atoms with van der Waals surface area (Å²) >= 11 is 20.3. The first-order valence-electron chi connectivity index (χ1n) is 13.3. The van der Waals surface area contributed by atoms with Crippen LogP contribution in [-0.2, 0) is 9.59 Å². The summed E-state index contributed by atoms with van der Waals surface area (Å²) in [5.74, 6) is 0.173. The predicted octanol–water partition coefficient (Wildman–Crippen LogP) is 9.63. The molecule has 0 spiro atoms. The van der Waals surface area contributed by atoms with Crippen molar-refractivity contribution in [2.45, 2.75) is 13.8 Å². The van der Waals surface area contributed by atoms with Crippen LogP contribution in [0, 0.1) is 13.8 Å². The number of aryl methyl sites for hydroxylation is 2. The summed E-state index contributed by atoms with van der Waals surface area (Å²) in [7, 11) is 0. The lowest BCUT2D eigenvalue weighted by atomic mass is 10.00. The van der Waals surface area contributed by atoms with Crippen LogP contribution < -0.4 is 21.3 Å². The van der Waals surface area contributed by atoms with Crippen molar-refractivity contribution < 1.29 is 9.59 Å². The van der Waals surface area contributed by atoms with Crippen LogP contribution in [0.2, 0.25) is 0 Å². The molecule has 4 aromatic carbocycles. The number of benzene rings is 4. The molecule has 0 aromatic heterocycles. The summed E-state index contributed by atoms with van der Waals surface area (Å²) in [5.41, 5.74) is 7.45. The summed E-state index contributed by atoms with van der Waals surface area (Å²) in [5, 5.41) is 12.2. The maximum Gasteiger partial charge on any atom is 0.234 e. The molecule has 226 valence electrons. The Morgan fingerprint density at radius 1 is 0.591 bits per heavy atom. The number of hydrogen-bond acceptors (Lipinski definition) is 6. The zero-order chi connectivity index (χ0) is 31.6. The summed E-state index contributed by atoms with van der Waals surface area (Å²) in [4.78, 5) is 24.6. The highest BCUT2D eigenvalue weighted by Gasteiger charge is 2.11. The van der Waals surface area contributed by atoms with E-state index in [1.54, 1.807) is 0 Å². The number of thiocarbonyl (C=S) groups is 2. The third-order valence-electron chi connectivity index (χ3n) is 6.18. The summed E-state index contributed by atoms with van der Waals surface area (Å²) < 4.78 is 2.95. The molecule has 0 aliphatic carbocycles. The van der Waals surface area contributed by atoms with Crippen LogP contribution in [-0.4, -0.2) is 32.0 Å². The normalized spacial score (nSPS) is 10.5. The van der Waals surface area contributed by atoms with E-state index in [9.17, 15) is 9.59 Å². The van der Waals surface area contributed by atoms with Crippen molar-refractivity contribution in [3.63, 3.8) is 0 Å². The monoisotopic (exact) mass is 786 g/mol. The van der Waals surface area contributed by atoms with Crippen molar-refractivity contribution in [3.05, 3.63) is 105 Å². The molecule has 0 aliphatic heterocycles. The van der Waals surface area contributed by atoms with Gasteiger partial charge in [-0.25, -0.2) is 0 Å². The first kappa shape index (κ1) is 34.1. The van der Waals surface area contributed by atoms with Gasteiger partial charge in [-0.05, 0) is 109 Å². The Balaban J connectivity index is 1.26. The molecule has 0 aliphatic rings. The average Bonchev–Trinajstić information content (AvgIpc) is 2.99. The number of nitrogens with one attached hydrogen (secondary N) is 4. The summed E-state index contributed by atoms with van der Waals surface area (Å²) in [6, 6.07) is 27.1. The van der Waals surface area contributed by atoms with Gasteiger partial charge in [0.05, 0.1) is 11.5 Å². The van der Waals surface area contributed by atoms with Crippen molar-refractivity contribution in [1.82, 2.24) is 0 Å². The summed E-state index contributed by atoms with van der Waals surface area (Å²) in [6.45, 7) is 4.04. The van der Waals surface area contributed by atoms with Gasteiger partial charge in [-0.2, -0.15) is 0 Å². The van der Waals surface area contributed by atoms with Gasteiger partial charge in [0.25, 0.3) is 0 Å². The minimum atomic E-state index is -0.122. The fourth-order valence-corrected chi connectivity index (χ4v) is 6.12. The Labute approximate surface area is 293 Å². The van der Waals surface area contributed by atoms with Gasteiger partial charge in [-0.3, -0.25) is 9.59 Å². The highest BCUT2D eigenvalue weighted by molar-refractivity contribution is 9.10. The third-order valence-corrected chi connectivity index (χ3v) is 9.69. The van der Waals surface area contributed by atoms with Gasteiger partial charge < -0.3 is 21.3 Å². The average molecular weight is 789 g/mol. The van der Waals surface area contributed by atoms with Crippen LogP contribution in [0.25, 0.3) is 11.1 Å². The largest absolute Gasteiger partial charge is 0.341 e. The van der Waals surface area contributed by atoms with E-state index >= 15 is 0 Å². The van der Waals surface area contributed by atoms with Gasteiger partial charge >= 0.3 is 0 Å². The molecule has 0 saturated heterocycles. The molecule has 6 nitrogen and oxygen atoms in total. The molecule has 4 N–H and O–H groups in total. The Morgan fingerprint density at radius 3 is 1.30 bits per heavy atom. The van der Waals surface area contributed by atoms with Gasteiger partial charge in [-0.1, -0.05) is 92.0 Å². The van der Waals surface area contributed by atoms with E-state index in [0.29, 0.717) is 8.64 Å². The first-order chi connectivity index (χ1) is 21.0.